The van der Waals surface area contributed by atoms with Crippen molar-refractivity contribution in [3.05, 3.63) is 90.1 Å². The summed E-state index contributed by atoms with van der Waals surface area (Å²) in [6.07, 6.45) is 2.03. The molecule has 5 nitrogen and oxygen atoms in total. The van der Waals surface area contributed by atoms with Crippen LogP contribution in [0.3, 0.4) is 0 Å². The van der Waals surface area contributed by atoms with Crippen LogP contribution in [0.4, 0.5) is 0 Å². The molecule has 3 aromatic heterocycles. The first kappa shape index (κ1) is 16.4. The van der Waals surface area contributed by atoms with Gasteiger partial charge in [0.25, 0.3) is 0 Å². The minimum atomic E-state index is 0.588. The monoisotopic (exact) mass is 383 g/mol. The Balaban J connectivity index is 1.71. The van der Waals surface area contributed by atoms with Crippen LogP contribution in [0.15, 0.2) is 79.0 Å². The highest BCUT2D eigenvalue weighted by Crippen LogP contribution is 2.33. The minimum Gasteiger partial charge on any atom is -0.292 e. The number of benzene rings is 3. The summed E-state index contributed by atoms with van der Waals surface area (Å²) in [6.45, 7) is 0. The third-order valence-corrected chi connectivity index (χ3v) is 5.56. The molecule has 0 radical (unpaired) electrons. The summed E-state index contributed by atoms with van der Waals surface area (Å²) in [5, 5.41) is 27.7. The van der Waals surface area contributed by atoms with E-state index in [-0.39, 0.29) is 0 Å². The van der Waals surface area contributed by atoms with E-state index in [0.717, 1.165) is 43.9 Å². The number of aromatic nitrogens is 3. The molecule has 6 aromatic rings. The Morgan fingerprint density at radius 1 is 0.700 bits per heavy atom. The van der Waals surface area contributed by atoms with Crippen LogP contribution in [-0.4, -0.2) is 14.2 Å². The van der Waals surface area contributed by atoms with E-state index in [0.29, 0.717) is 11.1 Å². The zero-order chi connectivity index (χ0) is 20.2. The second-order valence-electron chi connectivity index (χ2n) is 7.30. The molecule has 30 heavy (non-hydrogen) atoms. The van der Waals surface area contributed by atoms with Crippen molar-refractivity contribution < 1.29 is 0 Å². The van der Waals surface area contributed by atoms with Gasteiger partial charge in [-0.05, 0) is 47.9 Å². The van der Waals surface area contributed by atoms with Crippen molar-refractivity contribution in [2.75, 3.05) is 0 Å². The van der Waals surface area contributed by atoms with Gasteiger partial charge in [0.2, 0.25) is 0 Å². The maximum Gasteiger partial charge on any atom is 0.160 e. The highest BCUT2D eigenvalue weighted by Gasteiger charge is 2.16. The Morgan fingerprint density at radius 3 is 1.97 bits per heavy atom. The van der Waals surface area contributed by atoms with Crippen molar-refractivity contribution >= 4 is 38.1 Å². The molecular formula is C25H13N5. The van der Waals surface area contributed by atoms with Gasteiger partial charge in [-0.15, -0.1) is 5.10 Å². The number of rotatable bonds is 1. The van der Waals surface area contributed by atoms with Gasteiger partial charge >= 0.3 is 0 Å². The summed E-state index contributed by atoms with van der Waals surface area (Å²) < 4.78 is 3.98. The molecule has 138 valence electrons. The number of nitrogens with zero attached hydrogens (tertiary/aromatic N) is 5. The predicted octanol–water partition coefficient (Wildman–Crippen LogP) is 5.33. The minimum absolute atomic E-state index is 0.588. The largest absolute Gasteiger partial charge is 0.292 e. The lowest BCUT2D eigenvalue weighted by atomic mass is 10.1. The zero-order valence-corrected chi connectivity index (χ0v) is 15.7. The van der Waals surface area contributed by atoms with E-state index in [1.807, 2.05) is 59.2 Å². The molecule has 0 spiro atoms. The number of hydrogen-bond acceptors (Lipinski definition) is 3. The standard InChI is InChI=1S/C25H13N5/c26-13-16-5-7-23-21(9-16)22-10-17(14-27)6-8-24(22)30(23)25-12-20-11-18-3-1-2-4-19(18)15-29(20)28-25/h1-12,15H. The first-order valence-corrected chi connectivity index (χ1v) is 9.52. The fraction of sp³-hybridized carbons (Fsp3) is 0. The van der Waals surface area contributed by atoms with Crippen LogP contribution in [0.1, 0.15) is 11.1 Å². The Labute approximate surface area is 171 Å². The first-order chi connectivity index (χ1) is 14.7. The second kappa shape index (κ2) is 5.94. The number of fused-ring (bicyclic) bond motifs is 5. The second-order valence-corrected chi connectivity index (χ2v) is 7.30. The smallest absolute Gasteiger partial charge is 0.160 e. The topological polar surface area (TPSA) is 69.8 Å². The fourth-order valence-electron chi connectivity index (χ4n) is 4.18. The maximum atomic E-state index is 9.36. The molecule has 3 heterocycles. The van der Waals surface area contributed by atoms with Crippen molar-refractivity contribution in [1.29, 1.82) is 10.5 Å². The summed E-state index contributed by atoms with van der Waals surface area (Å²) in [5.41, 5.74) is 4.08. The molecule has 0 aliphatic heterocycles. The Morgan fingerprint density at radius 2 is 1.33 bits per heavy atom. The lowest BCUT2D eigenvalue weighted by molar-refractivity contribution is 0.927. The van der Waals surface area contributed by atoms with E-state index in [1.54, 1.807) is 0 Å². The fourth-order valence-corrected chi connectivity index (χ4v) is 4.18. The average molecular weight is 383 g/mol. The maximum absolute atomic E-state index is 9.36. The van der Waals surface area contributed by atoms with E-state index in [2.05, 4.69) is 41.0 Å². The van der Waals surface area contributed by atoms with Crippen molar-refractivity contribution in [3.8, 4) is 18.0 Å². The van der Waals surface area contributed by atoms with Crippen molar-refractivity contribution in [1.82, 2.24) is 14.2 Å². The van der Waals surface area contributed by atoms with Gasteiger partial charge in [-0.1, -0.05) is 24.3 Å². The van der Waals surface area contributed by atoms with Gasteiger partial charge in [0.15, 0.2) is 5.82 Å². The van der Waals surface area contributed by atoms with Crippen molar-refractivity contribution in [3.63, 3.8) is 0 Å². The molecule has 0 aliphatic carbocycles. The molecule has 0 N–H and O–H groups in total. The number of nitriles is 2. The number of pyridine rings is 1. The SMILES string of the molecule is N#Cc1ccc2c(c1)c1cc(C#N)ccc1n2-c1cc2cc3ccccc3cn2n1. The molecule has 0 bridgehead atoms. The Kier molecular flexibility index (Phi) is 3.24. The lowest BCUT2D eigenvalue weighted by Crippen LogP contribution is -1.95. The molecule has 5 heteroatoms. The molecule has 6 rings (SSSR count). The number of hydrogen-bond donors (Lipinski definition) is 0. The summed E-state index contributed by atoms with van der Waals surface area (Å²) in [5.74, 6) is 0.791. The molecule has 0 saturated carbocycles. The summed E-state index contributed by atoms with van der Waals surface area (Å²) >= 11 is 0. The normalized spacial score (nSPS) is 11.3. The van der Waals surface area contributed by atoms with Crippen LogP contribution < -0.4 is 0 Å². The molecular weight excluding hydrogens is 370 g/mol. The van der Waals surface area contributed by atoms with Crippen molar-refractivity contribution in [2.24, 2.45) is 0 Å². The first-order valence-electron chi connectivity index (χ1n) is 9.52. The molecule has 3 aromatic carbocycles. The van der Waals surface area contributed by atoms with Crippen LogP contribution in [-0.2, 0) is 0 Å². The van der Waals surface area contributed by atoms with Gasteiger partial charge in [0.1, 0.15) is 0 Å². The van der Waals surface area contributed by atoms with Crippen LogP contribution >= 0.6 is 0 Å². The Bertz CT molecular complexity index is 1600. The van der Waals surface area contributed by atoms with Crippen LogP contribution in [0, 0.1) is 22.7 Å². The van der Waals surface area contributed by atoms with Gasteiger partial charge in [0.05, 0.1) is 39.8 Å². The Hall–Kier alpha value is -4.61. The van der Waals surface area contributed by atoms with Gasteiger partial charge in [-0.2, -0.15) is 10.5 Å². The lowest BCUT2D eigenvalue weighted by Gasteiger charge is -2.03. The van der Waals surface area contributed by atoms with Gasteiger partial charge in [-0.3, -0.25) is 4.57 Å². The molecule has 0 atom stereocenters. The van der Waals surface area contributed by atoms with E-state index in [4.69, 9.17) is 5.10 Å². The van der Waals surface area contributed by atoms with Gasteiger partial charge < -0.3 is 0 Å². The molecule has 0 saturated heterocycles. The molecule has 0 unspecified atom stereocenters. The molecule has 0 amide bonds. The predicted molar refractivity (Wildman–Crippen MR) is 116 cm³/mol. The van der Waals surface area contributed by atoms with E-state index >= 15 is 0 Å². The van der Waals surface area contributed by atoms with Crippen LogP contribution in [0.2, 0.25) is 0 Å². The molecule has 0 fully saturated rings. The van der Waals surface area contributed by atoms with E-state index < -0.39 is 0 Å². The third-order valence-electron chi connectivity index (χ3n) is 5.56. The van der Waals surface area contributed by atoms with Gasteiger partial charge in [-0.25, -0.2) is 4.52 Å². The molecule has 0 aliphatic rings. The van der Waals surface area contributed by atoms with Gasteiger partial charge in [0, 0.05) is 28.4 Å². The average Bonchev–Trinajstić information content (AvgIpc) is 3.34. The summed E-state index contributed by atoms with van der Waals surface area (Å²) in [6, 6.07) is 28.1. The highest BCUT2D eigenvalue weighted by atomic mass is 15.3. The highest BCUT2D eigenvalue weighted by molar-refractivity contribution is 6.10. The zero-order valence-electron chi connectivity index (χ0n) is 15.7. The summed E-state index contributed by atoms with van der Waals surface area (Å²) in [4.78, 5) is 0. The van der Waals surface area contributed by atoms with E-state index in [1.165, 1.54) is 0 Å². The van der Waals surface area contributed by atoms with Crippen LogP contribution in [0.25, 0.3) is 43.9 Å². The quantitative estimate of drug-likeness (QED) is 0.385. The van der Waals surface area contributed by atoms with Crippen molar-refractivity contribution in [2.45, 2.75) is 0 Å². The third kappa shape index (κ3) is 2.24. The summed E-state index contributed by atoms with van der Waals surface area (Å²) in [7, 11) is 0. The van der Waals surface area contributed by atoms with E-state index in [9.17, 15) is 10.5 Å². The van der Waals surface area contributed by atoms with Crippen LogP contribution in [0.5, 0.6) is 0 Å².